The molecule has 2 aromatic heterocycles. The average molecular weight is 484 g/mol. The second-order valence-corrected chi connectivity index (χ2v) is 10.3. The minimum atomic E-state index is -0.756. The van der Waals surface area contributed by atoms with Gasteiger partial charge in [0.1, 0.15) is 23.7 Å². The van der Waals surface area contributed by atoms with Gasteiger partial charge < -0.3 is 19.5 Å². The van der Waals surface area contributed by atoms with Gasteiger partial charge >= 0.3 is 12.1 Å². The summed E-state index contributed by atoms with van der Waals surface area (Å²) >= 11 is 0. The van der Waals surface area contributed by atoms with Crippen molar-refractivity contribution >= 4 is 12.1 Å². The summed E-state index contributed by atoms with van der Waals surface area (Å²) in [6.45, 7) is 2.06. The molecule has 0 aliphatic heterocycles. The molecule has 1 N–H and O–H groups in total. The Labute approximate surface area is 204 Å². The van der Waals surface area contributed by atoms with Crippen molar-refractivity contribution in [2.75, 3.05) is 7.05 Å². The standard InChI is InChI=1S/C25H33N5O5/c1-4-18-21(35-17-7-5-6-16(10-17)23(31)32)9-8-19(26-18)22-20(30(3)28-27-22)14-34-24(33)29(2)25-11-15(12-25)13-25/h8-9,15-17H,4-7,10-14H2,1-3H3,(H,31,32)/t15?,16-,17-,25?/m0/s1. The van der Waals surface area contributed by atoms with Gasteiger partial charge in [-0.15, -0.1) is 5.10 Å². The molecule has 0 spiro atoms. The Morgan fingerprint density at radius 3 is 2.69 bits per heavy atom. The van der Waals surface area contributed by atoms with Crippen LogP contribution >= 0.6 is 0 Å². The summed E-state index contributed by atoms with van der Waals surface area (Å²) < 4.78 is 13.4. The van der Waals surface area contributed by atoms with Crippen molar-refractivity contribution in [1.82, 2.24) is 24.9 Å². The Morgan fingerprint density at radius 1 is 1.26 bits per heavy atom. The van der Waals surface area contributed by atoms with Crippen molar-refractivity contribution in [2.45, 2.75) is 76.5 Å². The second-order valence-electron chi connectivity index (χ2n) is 10.3. The van der Waals surface area contributed by atoms with Crippen LogP contribution in [0.5, 0.6) is 5.75 Å². The molecule has 0 radical (unpaired) electrons. The van der Waals surface area contributed by atoms with Crippen LogP contribution in [0.3, 0.4) is 0 Å². The maximum absolute atomic E-state index is 12.6. The first-order valence-corrected chi connectivity index (χ1v) is 12.5. The quantitative estimate of drug-likeness (QED) is 0.605. The maximum Gasteiger partial charge on any atom is 0.410 e. The number of pyridine rings is 1. The van der Waals surface area contributed by atoms with Crippen molar-refractivity contribution in [2.24, 2.45) is 18.9 Å². The molecule has 4 aliphatic carbocycles. The first kappa shape index (κ1) is 23.6. The van der Waals surface area contributed by atoms with Crippen LogP contribution in [0.4, 0.5) is 4.79 Å². The zero-order valence-electron chi connectivity index (χ0n) is 20.6. The molecule has 2 aromatic rings. The van der Waals surface area contributed by atoms with Gasteiger partial charge in [-0.3, -0.25) is 4.79 Å². The van der Waals surface area contributed by atoms with E-state index in [9.17, 15) is 14.7 Å². The number of hydrogen-bond acceptors (Lipinski definition) is 7. The largest absolute Gasteiger partial charge is 0.488 e. The lowest BCUT2D eigenvalue weighted by atomic mass is 9.49. The normalized spacial score (nSPS) is 26.9. The molecule has 0 unspecified atom stereocenters. The van der Waals surface area contributed by atoms with E-state index in [1.807, 2.05) is 26.1 Å². The Kier molecular flexibility index (Phi) is 6.14. The number of aryl methyl sites for hydroxylation is 2. The van der Waals surface area contributed by atoms with E-state index >= 15 is 0 Å². The number of hydrogen-bond donors (Lipinski definition) is 1. The number of carbonyl (C=O) groups excluding carboxylic acids is 1. The summed E-state index contributed by atoms with van der Waals surface area (Å²) in [5, 5.41) is 17.8. The van der Waals surface area contributed by atoms with Gasteiger partial charge in [-0.25, -0.2) is 14.5 Å². The topological polar surface area (TPSA) is 120 Å². The SMILES string of the molecule is CCc1nc(-c2nnn(C)c2COC(=O)N(C)C23CC(C2)C3)ccc1O[C@H]1CCC[C@H](C(=O)O)C1. The maximum atomic E-state index is 12.6. The molecule has 2 heterocycles. The van der Waals surface area contributed by atoms with E-state index in [1.54, 1.807) is 16.6 Å². The highest BCUT2D eigenvalue weighted by molar-refractivity contribution is 5.70. The summed E-state index contributed by atoms with van der Waals surface area (Å²) in [6, 6.07) is 3.70. The van der Waals surface area contributed by atoms with Crippen molar-refractivity contribution in [1.29, 1.82) is 0 Å². The van der Waals surface area contributed by atoms with Crippen LogP contribution in [0, 0.1) is 11.8 Å². The van der Waals surface area contributed by atoms with E-state index in [-0.39, 0.29) is 30.3 Å². The van der Waals surface area contributed by atoms with E-state index in [0.717, 1.165) is 43.7 Å². The summed E-state index contributed by atoms with van der Waals surface area (Å²) in [7, 11) is 3.59. The Balaban J connectivity index is 1.28. The zero-order valence-corrected chi connectivity index (χ0v) is 20.6. The molecule has 188 valence electrons. The van der Waals surface area contributed by atoms with Crippen LogP contribution in [-0.4, -0.2) is 60.7 Å². The number of carbonyl (C=O) groups is 2. The fraction of sp³-hybridized carbons (Fsp3) is 0.640. The Hall–Kier alpha value is -3.17. The number of carboxylic acid groups (broad SMARTS) is 1. The highest BCUT2D eigenvalue weighted by atomic mass is 16.6. The predicted octanol–water partition coefficient (Wildman–Crippen LogP) is 3.58. The smallest absolute Gasteiger partial charge is 0.410 e. The van der Waals surface area contributed by atoms with Crippen LogP contribution in [0.25, 0.3) is 11.4 Å². The third-order valence-corrected chi connectivity index (χ3v) is 8.05. The number of rotatable bonds is 8. The lowest BCUT2D eigenvalue weighted by molar-refractivity contribution is -0.143. The molecular weight excluding hydrogens is 450 g/mol. The number of ether oxygens (including phenoxy) is 2. The average Bonchev–Trinajstić information content (AvgIpc) is 3.16. The Morgan fingerprint density at radius 2 is 2.03 bits per heavy atom. The van der Waals surface area contributed by atoms with Crippen molar-refractivity contribution in [3.8, 4) is 17.1 Å². The van der Waals surface area contributed by atoms with Gasteiger partial charge in [0.25, 0.3) is 0 Å². The third kappa shape index (κ3) is 4.34. The van der Waals surface area contributed by atoms with E-state index in [1.165, 1.54) is 0 Å². The van der Waals surface area contributed by atoms with Crippen LogP contribution in [0.1, 0.15) is 63.3 Å². The summed E-state index contributed by atoms with van der Waals surface area (Å²) in [5.41, 5.74) is 2.65. The highest BCUT2D eigenvalue weighted by Crippen LogP contribution is 2.60. The number of nitrogens with zero attached hydrogens (tertiary/aromatic N) is 5. The molecule has 6 rings (SSSR count). The fourth-order valence-corrected chi connectivity index (χ4v) is 5.64. The van der Waals surface area contributed by atoms with Crippen molar-refractivity contribution in [3.05, 3.63) is 23.5 Å². The molecule has 2 atom stereocenters. The molecule has 10 nitrogen and oxygen atoms in total. The fourth-order valence-electron chi connectivity index (χ4n) is 5.64. The van der Waals surface area contributed by atoms with Gasteiger partial charge in [-0.05, 0) is 69.4 Å². The van der Waals surface area contributed by atoms with Gasteiger partial charge in [0.2, 0.25) is 0 Å². The zero-order chi connectivity index (χ0) is 24.7. The minimum absolute atomic E-state index is 0.00548. The molecule has 35 heavy (non-hydrogen) atoms. The molecule has 1 amide bonds. The summed E-state index contributed by atoms with van der Waals surface area (Å²) in [6.07, 6.45) is 6.31. The van der Waals surface area contributed by atoms with Crippen LogP contribution in [0.15, 0.2) is 12.1 Å². The first-order valence-electron chi connectivity index (χ1n) is 12.5. The van der Waals surface area contributed by atoms with E-state index < -0.39 is 5.97 Å². The van der Waals surface area contributed by atoms with Crippen LogP contribution in [-0.2, 0) is 29.6 Å². The van der Waals surface area contributed by atoms with E-state index in [4.69, 9.17) is 14.5 Å². The molecule has 4 saturated carbocycles. The van der Waals surface area contributed by atoms with Crippen LogP contribution < -0.4 is 4.74 Å². The van der Waals surface area contributed by atoms with Gasteiger partial charge in [-0.2, -0.15) is 0 Å². The molecular formula is C25H33N5O5. The van der Waals surface area contributed by atoms with Crippen molar-refractivity contribution in [3.63, 3.8) is 0 Å². The summed E-state index contributed by atoms with van der Waals surface area (Å²) in [5.74, 6) is 0.336. The predicted molar refractivity (Wildman–Crippen MR) is 126 cm³/mol. The third-order valence-electron chi connectivity index (χ3n) is 8.05. The molecule has 0 aromatic carbocycles. The number of carboxylic acids is 1. The Bertz CT molecular complexity index is 1110. The second kappa shape index (κ2) is 9.13. The molecule has 10 heteroatoms. The lowest BCUT2D eigenvalue weighted by Gasteiger charge is -2.64. The van der Waals surface area contributed by atoms with Crippen LogP contribution in [0.2, 0.25) is 0 Å². The van der Waals surface area contributed by atoms with E-state index in [2.05, 4.69) is 10.3 Å². The van der Waals surface area contributed by atoms with Crippen molar-refractivity contribution < 1.29 is 24.2 Å². The minimum Gasteiger partial charge on any atom is -0.488 e. The summed E-state index contributed by atoms with van der Waals surface area (Å²) in [4.78, 5) is 30.6. The first-order chi connectivity index (χ1) is 16.8. The lowest BCUT2D eigenvalue weighted by Crippen LogP contribution is -2.68. The molecule has 0 saturated heterocycles. The molecule has 4 fully saturated rings. The number of aliphatic carboxylic acids is 1. The number of amides is 1. The molecule has 4 aliphatic rings. The van der Waals surface area contributed by atoms with Gasteiger partial charge in [0, 0.05) is 19.6 Å². The highest BCUT2D eigenvalue weighted by Gasteiger charge is 2.60. The van der Waals surface area contributed by atoms with E-state index in [0.29, 0.717) is 42.1 Å². The number of aromatic nitrogens is 4. The van der Waals surface area contributed by atoms with Gasteiger partial charge in [-0.1, -0.05) is 12.1 Å². The van der Waals surface area contributed by atoms with Gasteiger partial charge in [0.05, 0.1) is 23.4 Å². The molecule has 2 bridgehead atoms. The monoisotopic (exact) mass is 483 g/mol. The van der Waals surface area contributed by atoms with Gasteiger partial charge in [0.15, 0.2) is 0 Å².